The van der Waals surface area contributed by atoms with Crippen LogP contribution < -0.4 is 21.3 Å². The lowest BCUT2D eigenvalue weighted by Gasteiger charge is -2.24. The molecule has 0 aliphatic rings. The van der Waals surface area contributed by atoms with Crippen molar-refractivity contribution in [1.29, 1.82) is 0 Å². The number of nitrogens with one attached hydrogen (secondary N) is 4. The summed E-state index contributed by atoms with van der Waals surface area (Å²) in [5.74, 6) is -2.58. The second-order valence-electron chi connectivity index (χ2n) is 8.13. The Balaban J connectivity index is 4.10. The van der Waals surface area contributed by atoms with Gasteiger partial charge in [0.05, 0.1) is 19.6 Å². The summed E-state index contributed by atoms with van der Waals surface area (Å²) in [5.41, 5.74) is 0. The molecule has 0 aromatic heterocycles. The van der Waals surface area contributed by atoms with Crippen molar-refractivity contribution in [2.24, 2.45) is 11.8 Å². The van der Waals surface area contributed by atoms with Crippen LogP contribution in [-0.2, 0) is 33.6 Å². The zero-order valence-electron chi connectivity index (χ0n) is 20.4. The van der Waals surface area contributed by atoms with E-state index in [0.29, 0.717) is 12.8 Å². The Kier molecular flexibility index (Phi) is 15.5. The van der Waals surface area contributed by atoms with Crippen LogP contribution in [0.15, 0.2) is 0 Å². The van der Waals surface area contributed by atoms with Crippen LogP contribution in [0.2, 0.25) is 0 Å². The molecule has 4 N–H and O–H groups in total. The largest absolute Gasteiger partial charge is 0.354 e. The van der Waals surface area contributed by atoms with Gasteiger partial charge in [-0.25, -0.2) is 0 Å². The summed E-state index contributed by atoms with van der Waals surface area (Å²) in [7, 11) is 0. The SMILES string of the molecule is CCC(C(=O)N(C=O)CCCC(=O)NCC(=O)NCC(=O)NCC(=O)NCCC(C)=O)C(C)C. The minimum Gasteiger partial charge on any atom is -0.354 e. The van der Waals surface area contributed by atoms with E-state index in [1.165, 1.54) is 6.92 Å². The third-order valence-electron chi connectivity index (χ3n) is 4.91. The van der Waals surface area contributed by atoms with Crippen LogP contribution in [0.4, 0.5) is 0 Å². The number of nitrogens with zero attached hydrogens (tertiary/aromatic N) is 1. The maximum absolute atomic E-state index is 12.4. The van der Waals surface area contributed by atoms with Crippen molar-refractivity contribution >= 4 is 41.7 Å². The zero-order chi connectivity index (χ0) is 26.1. The average molecular weight is 484 g/mol. The van der Waals surface area contributed by atoms with Crippen LogP contribution >= 0.6 is 0 Å². The molecule has 0 spiro atoms. The fourth-order valence-corrected chi connectivity index (χ4v) is 2.96. The standard InChI is InChI=1S/C22H37N5O7/c1-5-17(15(2)3)22(34)27(14-28)10-6-7-18(30)24-12-20(32)26-13-21(33)25-11-19(31)23-9-8-16(4)29/h14-15,17H,5-13H2,1-4H3,(H,23,31)(H,24,30)(H,25,33)(H,26,32). The summed E-state index contributed by atoms with van der Waals surface area (Å²) in [4.78, 5) is 82.3. The van der Waals surface area contributed by atoms with Crippen LogP contribution in [0.25, 0.3) is 0 Å². The highest BCUT2D eigenvalue weighted by Gasteiger charge is 2.25. The molecule has 12 heteroatoms. The van der Waals surface area contributed by atoms with Gasteiger partial charge in [0.25, 0.3) is 0 Å². The van der Waals surface area contributed by atoms with Gasteiger partial charge in [-0.3, -0.25) is 38.5 Å². The summed E-state index contributed by atoms with van der Waals surface area (Å²) in [5, 5.41) is 9.48. The third kappa shape index (κ3) is 14.0. The zero-order valence-corrected chi connectivity index (χ0v) is 20.4. The first-order chi connectivity index (χ1) is 16.0. The van der Waals surface area contributed by atoms with Gasteiger partial charge < -0.3 is 21.3 Å². The normalized spacial score (nSPS) is 11.2. The van der Waals surface area contributed by atoms with E-state index in [4.69, 9.17) is 0 Å². The molecular formula is C22H37N5O7. The highest BCUT2D eigenvalue weighted by atomic mass is 16.2. The molecule has 0 aliphatic heterocycles. The number of amides is 6. The van der Waals surface area contributed by atoms with Crippen molar-refractivity contribution in [2.45, 2.75) is 53.4 Å². The van der Waals surface area contributed by atoms with E-state index in [1.54, 1.807) is 0 Å². The van der Waals surface area contributed by atoms with E-state index in [2.05, 4.69) is 21.3 Å². The number of hydrogen-bond donors (Lipinski definition) is 4. The van der Waals surface area contributed by atoms with Crippen molar-refractivity contribution in [3.8, 4) is 0 Å². The molecule has 0 aromatic rings. The highest BCUT2D eigenvalue weighted by molar-refractivity contribution is 5.90. The molecule has 34 heavy (non-hydrogen) atoms. The Hall–Kier alpha value is -3.31. The predicted octanol–water partition coefficient (Wildman–Crippen LogP) is -1.12. The summed E-state index contributed by atoms with van der Waals surface area (Å²) in [6.07, 6.45) is 1.56. The van der Waals surface area contributed by atoms with E-state index in [9.17, 15) is 33.6 Å². The lowest BCUT2D eigenvalue weighted by atomic mass is 9.92. The molecular weight excluding hydrogens is 446 g/mol. The van der Waals surface area contributed by atoms with Gasteiger partial charge in [0.2, 0.25) is 35.9 Å². The van der Waals surface area contributed by atoms with Gasteiger partial charge in [-0.1, -0.05) is 20.8 Å². The number of Topliss-reactive ketones (excluding diaryl/α,β-unsaturated/α-hetero) is 1. The molecule has 0 fully saturated rings. The fourth-order valence-electron chi connectivity index (χ4n) is 2.96. The molecule has 0 aromatic carbocycles. The number of rotatable bonds is 17. The lowest BCUT2D eigenvalue weighted by Crippen LogP contribution is -2.44. The highest BCUT2D eigenvalue weighted by Crippen LogP contribution is 2.17. The van der Waals surface area contributed by atoms with E-state index in [-0.39, 0.29) is 75.5 Å². The van der Waals surface area contributed by atoms with E-state index >= 15 is 0 Å². The Bertz CT molecular complexity index is 739. The van der Waals surface area contributed by atoms with Gasteiger partial charge >= 0.3 is 0 Å². The van der Waals surface area contributed by atoms with Crippen LogP contribution in [0.5, 0.6) is 0 Å². The first kappa shape index (κ1) is 30.7. The molecule has 0 saturated heterocycles. The Labute approximate surface area is 199 Å². The van der Waals surface area contributed by atoms with Crippen LogP contribution in [0.1, 0.15) is 53.4 Å². The quantitative estimate of drug-likeness (QED) is 0.190. The predicted molar refractivity (Wildman–Crippen MR) is 123 cm³/mol. The van der Waals surface area contributed by atoms with Crippen molar-refractivity contribution in [3.05, 3.63) is 0 Å². The average Bonchev–Trinajstić information content (AvgIpc) is 2.77. The molecule has 6 amide bonds. The molecule has 1 unspecified atom stereocenters. The molecule has 0 aliphatic carbocycles. The second-order valence-corrected chi connectivity index (χ2v) is 8.13. The summed E-state index contributed by atoms with van der Waals surface area (Å²) in [6.45, 7) is 6.37. The van der Waals surface area contributed by atoms with Crippen LogP contribution in [0.3, 0.4) is 0 Å². The maximum atomic E-state index is 12.4. The molecule has 1 atom stereocenters. The number of carbonyl (C=O) groups is 7. The van der Waals surface area contributed by atoms with Crippen molar-refractivity contribution in [3.63, 3.8) is 0 Å². The summed E-state index contributed by atoms with van der Waals surface area (Å²) in [6, 6.07) is 0. The maximum Gasteiger partial charge on any atom is 0.239 e. The van der Waals surface area contributed by atoms with Gasteiger partial charge in [0.1, 0.15) is 5.78 Å². The Morgan fingerprint density at radius 2 is 1.29 bits per heavy atom. The molecule has 0 bridgehead atoms. The molecule has 192 valence electrons. The molecule has 12 nitrogen and oxygen atoms in total. The van der Waals surface area contributed by atoms with Gasteiger partial charge in [-0.2, -0.15) is 0 Å². The number of hydrogen-bond acceptors (Lipinski definition) is 7. The van der Waals surface area contributed by atoms with Gasteiger partial charge in [0, 0.05) is 31.8 Å². The minimum atomic E-state index is -0.596. The third-order valence-corrected chi connectivity index (χ3v) is 4.91. The van der Waals surface area contributed by atoms with E-state index in [1.807, 2.05) is 20.8 Å². The van der Waals surface area contributed by atoms with Gasteiger partial charge in [-0.15, -0.1) is 0 Å². The Morgan fingerprint density at radius 3 is 1.74 bits per heavy atom. The second kappa shape index (κ2) is 17.2. The minimum absolute atomic E-state index is 0.0165. The lowest BCUT2D eigenvalue weighted by molar-refractivity contribution is -0.143. The summed E-state index contributed by atoms with van der Waals surface area (Å²) >= 11 is 0. The number of imide groups is 1. The topological polar surface area (TPSA) is 171 Å². The molecule has 0 radical (unpaired) electrons. The number of carbonyl (C=O) groups excluding carboxylic acids is 7. The monoisotopic (exact) mass is 483 g/mol. The van der Waals surface area contributed by atoms with Crippen LogP contribution in [-0.4, -0.2) is 79.4 Å². The first-order valence-electron chi connectivity index (χ1n) is 11.3. The fraction of sp³-hybridized carbons (Fsp3) is 0.682. The van der Waals surface area contributed by atoms with Gasteiger partial charge in [0.15, 0.2) is 0 Å². The van der Waals surface area contributed by atoms with Crippen molar-refractivity contribution in [1.82, 2.24) is 26.2 Å². The smallest absolute Gasteiger partial charge is 0.239 e. The number of ketones is 1. The van der Waals surface area contributed by atoms with Crippen LogP contribution in [0, 0.1) is 11.8 Å². The molecule has 0 saturated carbocycles. The van der Waals surface area contributed by atoms with Crippen molar-refractivity contribution < 1.29 is 33.6 Å². The van der Waals surface area contributed by atoms with E-state index in [0.717, 1.165) is 4.90 Å². The van der Waals surface area contributed by atoms with Crippen molar-refractivity contribution in [2.75, 3.05) is 32.7 Å². The Morgan fingerprint density at radius 1 is 0.794 bits per heavy atom. The molecule has 0 heterocycles. The molecule has 0 rings (SSSR count). The first-order valence-corrected chi connectivity index (χ1v) is 11.3. The van der Waals surface area contributed by atoms with Gasteiger partial charge in [-0.05, 0) is 25.7 Å². The van der Waals surface area contributed by atoms with E-state index < -0.39 is 23.6 Å². The summed E-state index contributed by atoms with van der Waals surface area (Å²) < 4.78 is 0.